The Balaban J connectivity index is 1.03. The van der Waals surface area contributed by atoms with Crippen LogP contribution < -0.4 is 15.5 Å². The molecule has 40 heavy (non-hydrogen) atoms. The summed E-state index contributed by atoms with van der Waals surface area (Å²) in [4.78, 5) is 19.4. The molecule has 8 rings (SSSR count). The Morgan fingerprint density at radius 3 is 2.73 bits per heavy atom. The monoisotopic (exact) mass is 532 g/mol. The van der Waals surface area contributed by atoms with Gasteiger partial charge in [0.25, 0.3) is 0 Å². The first-order valence-corrected chi connectivity index (χ1v) is 14.1. The number of aryl methyl sites for hydroxylation is 2. The molecule has 202 valence electrons. The fourth-order valence-electron chi connectivity index (χ4n) is 6.99. The Bertz CT molecular complexity index is 1730. The van der Waals surface area contributed by atoms with Crippen molar-refractivity contribution in [1.82, 2.24) is 34.9 Å². The molecule has 0 unspecified atom stereocenters. The van der Waals surface area contributed by atoms with Gasteiger partial charge in [-0.15, -0.1) is 0 Å². The summed E-state index contributed by atoms with van der Waals surface area (Å²) in [5, 5.41) is 12.1. The molecule has 10 nitrogen and oxygen atoms in total. The third kappa shape index (κ3) is 3.62. The van der Waals surface area contributed by atoms with Gasteiger partial charge < -0.3 is 15.5 Å². The number of rotatable bonds is 3. The fourth-order valence-corrected chi connectivity index (χ4v) is 6.99. The van der Waals surface area contributed by atoms with E-state index < -0.39 is 0 Å². The SMILES string of the molecule is Cn1cc(-c2ccc3c(n2)CCCN3c2n[nH]c3nc(N4CCC5(CC4)Cc4ccccc4[C@H]5N)cnc23)cn1. The third-order valence-electron chi connectivity index (χ3n) is 9.21. The van der Waals surface area contributed by atoms with Crippen LogP contribution in [0.4, 0.5) is 17.3 Å². The minimum atomic E-state index is 0.108. The number of benzene rings is 1. The highest BCUT2D eigenvalue weighted by atomic mass is 15.3. The van der Waals surface area contributed by atoms with Crippen LogP contribution in [0.1, 0.15) is 42.1 Å². The van der Waals surface area contributed by atoms with Crippen LogP contribution in [0.2, 0.25) is 0 Å². The number of hydrogen-bond acceptors (Lipinski definition) is 8. The Morgan fingerprint density at radius 2 is 1.90 bits per heavy atom. The molecule has 1 atom stereocenters. The van der Waals surface area contributed by atoms with Gasteiger partial charge in [-0.1, -0.05) is 24.3 Å². The van der Waals surface area contributed by atoms with E-state index in [-0.39, 0.29) is 11.5 Å². The van der Waals surface area contributed by atoms with Crippen molar-refractivity contribution in [3.63, 3.8) is 0 Å². The molecule has 2 aliphatic heterocycles. The Hall–Kier alpha value is -4.31. The number of nitrogens with zero attached hydrogens (tertiary/aromatic N) is 8. The van der Waals surface area contributed by atoms with E-state index >= 15 is 0 Å². The lowest BCUT2D eigenvalue weighted by Crippen LogP contribution is -2.44. The molecule has 0 bridgehead atoms. The summed E-state index contributed by atoms with van der Waals surface area (Å²) in [7, 11) is 1.92. The van der Waals surface area contributed by atoms with Crippen molar-refractivity contribution in [2.75, 3.05) is 29.4 Å². The summed E-state index contributed by atoms with van der Waals surface area (Å²) >= 11 is 0. The molecule has 0 radical (unpaired) electrons. The number of piperidine rings is 1. The second kappa shape index (κ2) is 8.85. The van der Waals surface area contributed by atoms with Crippen molar-refractivity contribution in [1.29, 1.82) is 0 Å². The standard InChI is InChI=1S/C30H32N10/c1-38-18-20(16-33-38)22-8-9-24-23(34-22)7-4-12-40(24)29-26-28(36-37-29)35-25(17-32-26)39-13-10-30(11-14-39)15-19-5-2-3-6-21(19)27(30)31/h2-3,5-6,8-9,16-18,27H,4,7,10-15,31H2,1H3,(H,35,36,37)/t27-/m1/s1. The maximum atomic E-state index is 6.79. The molecule has 3 N–H and O–H groups in total. The summed E-state index contributed by atoms with van der Waals surface area (Å²) in [5.41, 5.74) is 15.3. The molecular formula is C30H32N10. The van der Waals surface area contributed by atoms with Crippen LogP contribution in [0, 0.1) is 5.41 Å². The van der Waals surface area contributed by atoms with E-state index in [1.54, 1.807) is 4.68 Å². The van der Waals surface area contributed by atoms with Crippen LogP contribution >= 0.6 is 0 Å². The van der Waals surface area contributed by atoms with Crippen LogP contribution in [-0.4, -0.2) is 54.6 Å². The molecule has 0 saturated carbocycles. The average Bonchev–Trinajstić information content (AvgIpc) is 3.69. The average molecular weight is 533 g/mol. The fraction of sp³-hybridized carbons (Fsp3) is 0.367. The molecule has 10 heteroatoms. The molecule has 1 fully saturated rings. The number of nitrogens with two attached hydrogens (primary N) is 1. The van der Waals surface area contributed by atoms with Crippen molar-refractivity contribution in [2.45, 2.75) is 38.1 Å². The van der Waals surface area contributed by atoms with Crippen LogP contribution in [0.3, 0.4) is 0 Å². The normalized spacial score (nSPS) is 19.8. The van der Waals surface area contributed by atoms with E-state index in [9.17, 15) is 0 Å². The maximum Gasteiger partial charge on any atom is 0.183 e. The zero-order valence-corrected chi connectivity index (χ0v) is 22.6. The smallest absolute Gasteiger partial charge is 0.183 e. The van der Waals surface area contributed by atoms with E-state index in [2.05, 4.69) is 61.5 Å². The highest BCUT2D eigenvalue weighted by molar-refractivity contribution is 5.87. The summed E-state index contributed by atoms with van der Waals surface area (Å²) in [6.07, 6.45) is 10.9. The van der Waals surface area contributed by atoms with Crippen molar-refractivity contribution < 1.29 is 0 Å². The molecular weight excluding hydrogens is 500 g/mol. The molecule has 0 amide bonds. The minimum Gasteiger partial charge on any atom is -0.355 e. The van der Waals surface area contributed by atoms with Crippen LogP contribution in [0.25, 0.3) is 22.4 Å². The van der Waals surface area contributed by atoms with E-state index in [1.165, 1.54) is 11.1 Å². The highest BCUT2D eigenvalue weighted by Crippen LogP contribution is 2.51. The number of anilines is 3. The van der Waals surface area contributed by atoms with E-state index in [0.717, 1.165) is 91.5 Å². The summed E-state index contributed by atoms with van der Waals surface area (Å²) in [6.45, 7) is 2.71. The van der Waals surface area contributed by atoms with Gasteiger partial charge in [0.2, 0.25) is 0 Å². The lowest BCUT2D eigenvalue weighted by Gasteiger charge is -2.42. The molecule has 6 heterocycles. The predicted octanol–water partition coefficient (Wildman–Crippen LogP) is 4.08. The van der Waals surface area contributed by atoms with Crippen molar-refractivity contribution in [3.8, 4) is 11.3 Å². The van der Waals surface area contributed by atoms with Gasteiger partial charge in [0.1, 0.15) is 5.82 Å². The Kier molecular flexibility index (Phi) is 5.22. The number of hydrogen-bond donors (Lipinski definition) is 2. The van der Waals surface area contributed by atoms with E-state index in [1.807, 2.05) is 25.6 Å². The van der Waals surface area contributed by atoms with Crippen LogP contribution in [0.5, 0.6) is 0 Å². The summed E-state index contributed by atoms with van der Waals surface area (Å²) < 4.78 is 1.80. The Morgan fingerprint density at radius 1 is 1.02 bits per heavy atom. The quantitative estimate of drug-likeness (QED) is 0.357. The Labute approximate surface area is 232 Å². The zero-order valence-electron chi connectivity index (χ0n) is 22.6. The van der Waals surface area contributed by atoms with Crippen molar-refractivity contribution in [2.24, 2.45) is 18.2 Å². The number of fused-ring (bicyclic) bond motifs is 3. The van der Waals surface area contributed by atoms with Crippen LogP contribution in [-0.2, 0) is 19.9 Å². The molecule has 1 aromatic carbocycles. The number of aromatic amines is 1. The largest absolute Gasteiger partial charge is 0.355 e. The first kappa shape index (κ1) is 23.6. The first-order valence-electron chi connectivity index (χ1n) is 14.1. The second-order valence-corrected chi connectivity index (χ2v) is 11.5. The predicted molar refractivity (Wildman–Crippen MR) is 154 cm³/mol. The van der Waals surface area contributed by atoms with Gasteiger partial charge in [0, 0.05) is 44.5 Å². The first-order chi connectivity index (χ1) is 19.6. The van der Waals surface area contributed by atoms with E-state index in [0.29, 0.717) is 5.65 Å². The van der Waals surface area contributed by atoms with Gasteiger partial charge >= 0.3 is 0 Å². The molecule has 1 spiro atoms. The number of aromatic nitrogens is 7. The van der Waals surface area contributed by atoms with E-state index in [4.69, 9.17) is 20.7 Å². The molecule has 4 aromatic heterocycles. The van der Waals surface area contributed by atoms with Crippen molar-refractivity contribution >= 4 is 28.5 Å². The van der Waals surface area contributed by atoms with Crippen molar-refractivity contribution in [3.05, 3.63) is 71.8 Å². The van der Waals surface area contributed by atoms with Crippen LogP contribution in [0.15, 0.2) is 55.0 Å². The topological polar surface area (TPSA) is 118 Å². The molecule has 1 saturated heterocycles. The molecule has 3 aliphatic rings. The number of nitrogens with one attached hydrogen (secondary N) is 1. The highest BCUT2D eigenvalue weighted by Gasteiger charge is 2.46. The van der Waals surface area contributed by atoms with Gasteiger partial charge in [-0.25, -0.2) is 9.97 Å². The maximum absolute atomic E-state index is 6.79. The minimum absolute atomic E-state index is 0.108. The molecule has 1 aliphatic carbocycles. The van der Waals surface area contributed by atoms with Gasteiger partial charge in [0.15, 0.2) is 17.0 Å². The number of pyridine rings is 1. The lowest BCUT2D eigenvalue weighted by atomic mass is 9.73. The number of H-pyrrole nitrogens is 1. The van der Waals surface area contributed by atoms with Gasteiger partial charge in [0.05, 0.1) is 29.5 Å². The molecule has 5 aromatic rings. The lowest BCUT2D eigenvalue weighted by molar-refractivity contribution is 0.187. The van der Waals surface area contributed by atoms with Gasteiger partial charge in [-0.3, -0.25) is 14.8 Å². The van der Waals surface area contributed by atoms with Gasteiger partial charge in [-0.05, 0) is 60.8 Å². The third-order valence-corrected chi connectivity index (χ3v) is 9.21. The second-order valence-electron chi connectivity index (χ2n) is 11.5. The zero-order chi connectivity index (χ0) is 26.8. The summed E-state index contributed by atoms with van der Waals surface area (Å²) in [5.74, 6) is 1.70. The van der Waals surface area contributed by atoms with Gasteiger partial charge in [-0.2, -0.15) is 10.2 Å². The summed E-state index contributed by atoms with van der Waals surface area (Å²) in [6, 6.07) is 13.0.